The zero-order valence-electron chi connectivity index (χ0n) is 12.4. The first-order chi connectivity index (χ1) is 10.5. The van der Waals surface area contributed by atoms with E-state index in [1.54, 1.807) is 44.3 Å². The van der Waals surface area contributed by atoms with Crippen molar-refractivity contribution in [2.75, 3.05) is 7.05 Å². The van der Waals surface area contributed by atoms with Crippen LogP contribution in [0.1, 0.15) is 12.5 Å². The maximum absolute atomic E-state index is 13.2. The molecule has 116 valence electrons. The van der Waals surface area contributed by atoms with Gasteiger partial charge in [-0.1, -0.05) is 12.1 Å². The van der Waals surface area contributed by atoms with Crippen LogP contribution in [0.15, 0.2) is 53.7 Å². The molecule has 2 aromatic rings. The lowest BCUT2D eigenvalue weighted by molar-refractivity contribution is -0.645. The summed E-state index contributed by atoms with van der Waals surface area (Å²) >= 11 is 1.21. The average Bonchev–Trinajstić information content (AvgIpc) is 2.48. The van der Waals surface area contributed by atoms with Gasteiger partial charge in [-0.3, -0.25) is 4.79 Å². The van der Waals surface area contributed by atoms with Crippen molar-refractivity contribution in [2.24, 2.45) is 0 Å². The minimum Gasteiger partial charge on any atom is -0.618 e. The Morgan fingerprint density at radius 3 is 2.82 bits per heavy atom. The van der Waals surface area contributed by atoms with Gasteiger partial charge in [-0.2, -0.15) is 4.73 Å². The average molecular weight is 320 g/mol. The topological polar surface area (TPSA) is 47.2 Å². The second kappa shape index (κ2) is 7.26. The standard InChI is InChI=1S/C16H17FN2O2S/c1-12(22-15-8-3-4-9-19(15)21)16(20)18(2)11-13-6-5-7-14(17)10-13/h3-10,12H,11H2,1-2H3. The Morgan fingerprint density at radius 2 is 2.14 bits per heavy atom. The number of amides is 1. The van der Waals surface area contributed by atoms with Crippen LogP contribution >= 0.6 is 11.8 Å². The third-order valence-electron chi connectivity index (χ3n) is 3.12. The summed E-state index contributed by atoms with van der Waals surface area (Å²) < 4.78 is 13.9. The molecule has 0 aliphatic carbocycles. The van der Waals surface area contributed by atoms with Crippen LogP contribution in [-0.4, -0.2) is 23.1 Å². The smallest absolute Gasteiger partial charge is 0.252 e. The summed E-state index contributed by atoms with van der Waals surface area (Å²) in [5.74, 6) is -0.435. The van der Waals surface area contributed by atoms with E-state index in [2.05, 4.69) is 0 Å². The van der Waals surface area contributed by atoms with Gasteiger partial charge in [-0.15, -0.1) is 0 Å². The Bertz CT molecular complexity index is 666. The van der Waals surface area contributed by atoms with Gasteiger partial charge in [-0.05, 0) is 42.4 Å². The molecule has 1 amide bonds. The highest BCUT2D eigenvalue weighted by Gasteiger charge is 2.22. The molecule has 0 fully saturated rings. The molecule has 0 bridgehead atoms. The molecule has 0 saturated heterocycles. The molecule has 1 atom stereocenters. The van der Waals surface area contributed by atoms with Crippen molar-refractivity contribution >= 4 is 17.7 Å². The Labute approximate surface area is 133 Å². The number of nitrogens with zero attached hydrogens (tertiary/aromatic N) is 2. The molecule has 0 spiro atoms. The van der Waals surface area contributed by atoms with Crippen LogP contribution < -0.4 is 4.73 Å². The van der Waals surface area contributed by atoms with Crippen LogP contribution in [0.4, 0.5) is 4.39 Å². The van der Waals surface area contributed by atoms with Crippen LogP contribution in [0.5, 0.6) is 0 Å². The monoisotopic (exact) mass is 320 g/mol. The van der Waals surface area contributed by atoms with Crippen molar-refractivity contribution in [3.05, 3.63) is 65.2 Å². The van der Waals surface area contributed by atoms with Crippen LogP contribution in [0.2, 0.25) is 0 Å². The molecule has 6 heteroatoms. The van der Waals surface area contributed by atoms with E-state index >= 15 is 0 Å². The first-order valence-electron chi connectivity index (χ1n) is 6.81. The predicted octanol–water partition coefficient (Wildman–Crippen LogP) is 2.60. The number of hydrogen-bond acceptors (Lipinski definition) is 3. The second-order valence-electron chi connectivity index (χ2n) is 4.95. The van der Waals surface area contributed by atoms with Gasteiger partial charge in [0.2, 0.25) is 5.91 Å². The molecule has 1 heterocycles. The van der Waals surface area contributed by atoms with E-state index in [1.165, 1.54) is 35.0 Å². The number of carbonyl (C=O) groups is 1. The fourth-order valence-electron chi connectivity index (χ4n) is 2.03. The van der Waals surface area contributed by atoms with E-state index in [1.807, 2.05) is 0 Å². The molecule has 22 heavy (non-hydrogen) atoms. The minimum atomic E-state index is -0.402. The highest BCUT2D eigenvalue weighted by Crippen LogP contribution is 2.21. The summed E-state index contributed by atoms with van der Waals surface area (Å²) in [6.07, 6.45) is 1.40. The third-order valence-corrected chi connectivity index (χ3v) is 4.23. The summed E-state index contributed by atoms with van der Waals surface area (Å²) in [5.41, 5.74) is 0.728. The van der Waals surface area contributed by atoms with E-state index in [0.29, 0.717) is 11.6 Å². The largest absolute Gasteiger partial charge is 0.618 e. The maximum atomic E-state index is 13.2. The molecule has 0 aliphatic rings. The Morgan fingerprint density at radius 1 is 1.36 bits per heavy atom. The SMILES string of the molecule is CC(Sc1cccc[n+]1[O-])C(=O)N(C)Cc1cccc(F)c1. The molecule has 4 nitrogen and oxygen atoms in total. The van der Waals surface area contributed by atoms with E-state index in [0.717, 1.165) is 10.3 Å². The Hall–Kier alpha value is -2.08. The van der Waals surface area contributed by atoms with Crippen LogP contribution in [0.3, 0.4) is 0 Å². The number of halogens is 1. The van der Waals surface area contributed by atoms with Crippen molar-refractivity contribution in [3.8, 4) is 0 Å². The summed E-state index contributed by atoms with van der Waals surface area (Å²) in [6, 6.07) is 11.2. The van der Waals surface area contributed by atoms with Crippen LogP contribution in [0.25, 0.3) is 0 Å². The number of carbonyl (C=O) groups excluding carboxylic acids is 1. The zero-order chi connectivity index (χ0) is 16.1. The summed E-state index contributed by atoms with van der Waals surface area (Å²) in [6.45, 7) is 2.08. The molecule has 0 N–H and O–H groups in total. The third kappa shape index (κ3) is 4.21. The molecule has 1 aromatic carbocycles. The highest BCUT2D eigenvalue weighted by atomic mass is 32.2. The van der Waals surface area contributed by atoms with Gasteiger partial charge in [0.15, 0.2) is 6.20 Å². The molecule has 1 aromatic heterocycles. The summed E-state index contributed by atoms with van der Waals surface area (Å²) in [5, 5.41) is 11.7. The highest BCUT2D eigenvalue weighted by molar-refractivity contribution is 8.00. The second-order valence-corrected chi connectivity index (χ2v) is 6.31. The quantitative estimate of drug-likeness (QED) is 0.483. The number of rotatable bonds is 5. The van der Waals surface area contributed by atoms with Gasteiger partial charge in [0.05, 0.1) is 5.25 Å². The minimum absolute atomic E-state index is 0.113. The first kappa shape index (κ1) is 16.3. The van der Waals surface area contributed by atoms with E-state index in [4.69, 9.17) is 0 Å². The van der Waals surface area contributed by atoms with Gasteiger partial charge in [-0.25, -0.2) is 4.39 Å². The first-order valence-corrected chi connectivity index (χ1v) is 7.69. The fraction of sp³-hybridized carbons (Fsp3) is 0.250. The maximum Gasteiger partial charge on any atom is 0.252 e. The van der Waals surface area contributed by atoms with Gasteiger partial charge >= 0.3 is 0 Å². The van der Waals surface area contributed by atoms with Crippen LogP contribution in [-0.2, 0) is 11.3 Å². The molecular formula is C16H17FN2O2S. The Kier molecular flexibility index (Phi) is 5.38. The molecular weight excluding hydrogens is 303 g/mol. The number of thioether (sulfide) groups is 1. The number of hydrogen-bond donors (Lipinski definition) is 0. The lowest BCUT2D eigenvalue weighted by Gasteiger charge is -2.20. The Balaban J connectivity index is 1.99. The van der Waals surface area contributed by atoms with Crippen molar-refractivity contribution in [3.63, 3.8) is 0 Å². The molecule has 0 aliphatic heterocycles. The zero-order valence-corrected chi connectivity index (χ0v) is 13.2. The molecule has 0 saturated carbocycles. The van der Waals surface area contributed by atoms with E-state index in [9.17, 15) is 14.4 Å². The predicted molar refractivity (Wildman–Crippen MR) is 83.6 cm³/mol. The fourth-order valence-corrected chi connectivity index (χ4v) is 3.00. The van der Waals surface area contributed by atoms with Crippen molar-refractivity contribution < 1.29 is 13.9 Å². The van der Waals surface area contributed by atoms with Crippen molar-refractivity contribution in [1.29, 1.82) is 0 Å². The molecule has 2 rings (SSSR count). The summed E-state index contributed by atoms with van der Waals surface area (Å²) in [4.78, 5) is 13.9. The van der Waals surface area contributed by atoms with E-state index < -0.39 is 5.25 Å². The number of pyridine rings is 1. The van der Waals surface area contributed by atoms with Gasteiger partial charge in [0.25, 0.3) is 5.03 Å². The van der Waals surface area contributed by atoms with Gasteiger partial charge in [0.1, 0.15) is 5.82 Å². The van der Waals surface area contributed by atoms with Gasteiger partial charge < -0.3 is 10.1 Å². The molecule has 1 unspecified atom stereocenters. The van der Waals surface area contributed by atoms with Crippen LogP contribution in [0, 0.1) is 11.0 Å². The number of benzene rings is 1. The summed E-state index contributed by atoms with van der Waals surface area (Å²) in [7, 11) is 1.67. The van der Waals surface area contributed by atoms with Gasteiger partial charge in [0, 0.05) is 25.7 Å². The van der Waals surface area contributed by atoms with Crippen molar-refractivity contribution in [2.45, 2.75) is 23.7 Å². The lowest BCUT2D eigenvalue weighted by Crippen LogP contribution is -2.35. The van der Waals surface area contributed by atoms with E-state index in [-0.39, 0.29) is 11.7 Å². The lowest BCUT2D eigenvalue weighted by atomic mass is 10.2. The normalized spacial score (nSPS) is 12.0. The number of aromatic nitrogens is 1. The van der Waals surface area contributed by atoms with Crippen molar-refractivity contribution in [1.82, 2.24) is 4.90 Å². The molecule has 0 radical (unpaired) electrons.